The van der Waals surface area contributed by atoms with Gasteiger partial charge in [-0.15, -0.1) is 0 Å². The second-order valence-corrected chi connectivity index (χ2v) is 6.12. The standard InChI is InChI=1S/C15H12F2O5S/c16-15(17,23(19,20)21)10-22-14(18)13-8-6-12(7-9-13)11-4-2-1-3-5-11/h1-9H,10H2,(H,19,20,21)/p-1. The van der Waals surface area contributed by atoms with Gasteiger partial charge in [0.05, 0.1) is 5.56 Å². The van der Waals surface area contributed by atoms with Crippen LogP contribution < -0.4 is 0 Å². The van der Waals surface area contributed by atoms with Gasteiger partial charge < -0.3 is 9.29 Å². The Balaban J connectivity index is 2.07. The molecule has 0 spiro atoms. The van der Waals surface area contributed by atoms with Gasteiger partial charge in [0.2, 0.25) is 0 Å². The van der Waals surface area contributed by atoms with E-state index in [-0.39, 0.29) is 5.56 Å². The minimum absolute atomic E-state index is 0.0382. The molecule has 0 unspecified atom stereocenters. The van der Waals surface area contributed by atoms with Gasteiger partial charge in [-0.2, -0.15) is 8.78 Å². The topological polar surface area (TPSA) is 83.5 Å². The summed E-state index contributed by atoms with van der Waals surface area (Å²) < 4.78 is 60.9. The molecule has 0 saturated carbocycles. The lowest BCUT2D eigenvalue weighted by Gasteiger charge is -2.19. The minimum Gasteiger partial charge on any atom is -0.743 e. The molecular formula is C15H11F2O5S-. The number of hydrogen-bond donors (Lipinski definition) is 0. The van der Waals surface area contributed by atoms with Gasteiger partial charge >= 0.3 is 11.2 Å². The molecule has 2 aromatic carbocycles. The summed E-state index contributed by atoms with van der Waals surface area (Å²) in [4.78, 5) is 11.6. The molecule has 2 rings (SSSR count). The number of alkyl halides is 2. The lowest BCUT2D eigenvalue weighted by Crippen LogP contribution is -2.34. The summed E-state index contributed by atoms with van der Waals surface area (Å²) in [5.74, 6) is -1.15. The third-order valence-corrected chi connectivity index (χ3v) is 3.81. The largest absolute Gasteiger partial charge is 0.743 e. The van der Waals surface area contributed by atoms with Crippen LogP contribution in [-0.4, -0.2) is 30.8 Å². The maximum atomic E-state index is 12.9. The van der Waals surface area contributed by atoms with Crippen LogP contribution in [0.4, 0.5) is 8.78 Å². The van der Waals surface area contributed by atoms with E-state index in [9.17, 15) is 26.5 Å². The molecule has 23 heavy (non-hydrogen) atoms. The Morgan fingerprint density at radius 1 is 1.00 bits per heavy atom. The van der Waals surface area contributed by atoms with Gasteiger partial charge in [0.25, 0.3) is 0 Å². The summed E-state index contributed by atoms with van der Waals surface area (Å²) in [7, 11) is -5.88. The van der Waals surface area contributed by atoms with Crippen molar-refractivity contribution in [1.29, 1.82) is 0 Å². The second kappa shape index (κ2) is 6.43. The number of ether oxygens (including phenoxy) is 1. The van der Waals surface area contributed by atoms with Gasteiger partial charge in [0.1, 0.15) is 0 Å². The molecular weight excluding hydrogens is 330 g/mol. The molecule has 122 valence electrons. The van der Waals surface area contributed by atoms with E-state index < -0.39 is 27.9 Å². The Morgan fingerprint density at radius 2 is 1.52 bits per heavy atom. The Morgan fingerprint density at radius 3 is 2.04 bits per heavy atom. The van der Waals surface area contributed by atoms with E-state index in [2.05, 4.69) is 4.74 Å². The van der Waals surface area contributed by atoms with E-state index in [4.69, 9.17) is 0 Å². The van der Waals surface area contributed by atoms with E-state index in [1.165, 1.54) is 12.1 Å². The quantitative estimate of drug-likeness (QED) is 0.617. The molecule has 5 nitrogen and oxygen atoms in total. The molecule has 0 fully saturated rings. The second-order valence-electron chi connectivity index (χ2n) is 4.61. The third-order valence-electron chi connectivity index (χ3n) is 2.96. The number of esters is 1. The van der Waals surface area contributed by atoms with Crippen LogP contribution in [0.2, 0.25) is 0 Å². The molecule has 0 bridgehead atoms. The van der Waals surface area contributed by atoms with E-state index in [1.54, 1.807) is 12.1 Å². The third kappa shape index (κ3) is 4.11. The van der Waals surface area contributed by atoms with Crippen molar-refractivity contribution in [2.24, 2.45) is 0 Å². The molecule has 0 amide bonds. The van der Waals surface area contributed by atoms with Gasteiger partial charge in [-0.1, -0.05) is 42.5 Å². The molecule has 2 aromatic rings. The first-order valence-corrected chi connectivity index (χ1v) is 7.77. The van der Waals surface area contributed by atoms with Crippen molar-refractivity contribution in [2.45, 2.75) is 5.25 Å². The summed E-state index contributed by atoms with van der Waals surface area (Å²) >= 11 is 0. The Kier molecular flexibility index (Phi) is 4.76. The zero-order chi connectivity index (χ0) is 17.1. The summed E-state index contributed by atoms with van der Waals surface area (Å²) in [5.41, 5.74) is 1.66. The monoisotopic (exact) mass is 341 g/mol. The predicted molar refractivity (Wildman–Crippen MR) is 76.8 cm³/mol. The summed E-state index contributed by atoms with van der Waals surface area (Å²) in [5, 5.41) is -4.66. The highest BCUT2D eigenvalue weighted by atomic mass is 32.2. The molecule has 0 aliphatic rings. The van der Waals surface area contributed by atoms with Crippen LogP contribution in [0.15, 0.2) is 54.6 Å². The predicted octanol–water partition coefficient (Wildman–Crippen LogP) is 2.65. The van der Waals surface area contributed by atoms with Crippen LogP contribution in [0.25, 0.3) is 11.1 Å². The fourth-order valence-electron chi connectivity index (χ4n) is 1.73. The SMILES string of the molecule is O=C(OCC(F)(F)S(=O)(=O)[O-])c1ccc(-c2ccccc2)cc1. The number of rotatable bonds is 5. The van der Waals surface area contributed by atoms with Crippen molar-refractivity contribution in [1.82, 2.24) is 0 Å². The van der Waals surface area contributed by atoms with Crippen molar-refractivity contribution >= 4 is 16.1 Å². The fraction of sp³-hybridized carbons (Fsp3) is 0.133. The lowest BCUT2D eigenvalue weighted by molar-refractivity contribution is -0.00996. The van der Waals surface area contributed by atoms with Gasteiger partial charge in [-0.25, -0.2) is 13.2 Å². The number of carbonyl (C=O) groups is 1. The molecule has 0 saturated heterocycles. The Bertz CT molecular complexity index is 786. The van der Waals surface area contributed by atoms with Gasteiger partial charge in [-0.05, 0) is 23.3 Å². The summed E-state index contributed by atoms with van der Waals surface area (Å²) in [6.45, 7) is -1.82. The van der Waals surface area contributed by atoms with Crippen LogP contribution >= 0.6 is 0 Å². The van der Waals surface area contributed by atoms with Crippen molar-refractivity contribution in [3.05, 3.63) is 60.2 Å². The average molecular weight is 341 g/mol. The summed E-state index contributed by atoms with van der Waals surface area (Å²) in [6, 6.07) is 15.1. The maximum Gasteiger partial charge on any atom is 0.367 e. The lowest BCUT2D eigenvalue weighted by atomic mass is 10.0. The zero-order valence-electron chi connectivity index (χ0n) is 11.6. The molecule has 0 heterocycles. The van der Waals surface area contributed by atoms with Crippen LogP contribution in [-0.2, 0) is 14.9 Å². The van der Waals surface area contributed by atoms with E-state index in [0.717, 1.165) is 11.1 Å². The number of carbonyl (C=O) groups excluding carboxylic acids is 1. The van der Waals surface area contributed by atoms with E-state index in [0.29, 0.717) is 0 Å². The zero-order valence-corrected chi connectivity index (χ0v) is 12.4. The van der Waals surface area contributed by atoms with Gasteiger partial charge in [0, 0.05) is 0 Å². The molecule has 8 heteroatoms. The molecule has 0 aliphatic heterocycles. The number of hydrogen-bond acceptors (Lipinski definition) is 5. The maximum absolute atomic E-state index is 12.9. The number of halogens is 2. The molecule has 0 aliphatic carbocycles. The highest BCUT2D eigenvalue weighted by Gasteiger charge is 2.39. The highest BCUT2D eigenvalue weighted by molar-refractivity contribution is 7.86. The van der Waals surface area contributed by atoms with Crippen LogP contribution in [0, 0.1) is 0 Å². The van der Waals surface area contributed by atoms with Gasteiger partial charge in [-0.3, -0.25) is 0 Å². The van der Waals surface area contributed by atoms with Crippen molar-refractivity contribution in [3.8, 4) is 11.1 Å². The molecule has 0 atom stereocenters. The van der Waals surface area contributed by atoms with Crippen molar-refractivity contribution < 1.29 is 31.3 Å². The highest BCUT2D eigenvalue weighted by Crippen LogP contribution is 2.22. The van der Waals surface area contributed by atoms with Crippen molar-refractivity contribution in [2.75, 3.05) is 6.61 Å². The Hall–Kier alpha value is -2.32. The number of benzene rings is 2. The molecule has 0 aromatic heterocycles. The van der Waals surface area contributed by atoms with Gasteiger partial charge in [0.15, 0.2) is 16.7 Å². The summed E-state index contributed by atoms with van der Waals surface area (Å²) in [6.07, 6.45) is 0. The molecule has 0 radical (unpaired) electrons. The first-order chi connectivity index (χ1) is 10.7. The smallest absolute Gasteiger partial charge is 0.367 e. The van der Waals surface area contributed by atoms with Crippen LogP contribution in [0.3, 0.4) is 0 Å². The first kappa shape index (κ1) is 17.0. The normalized spacial score (nSPS) is 12.0. The minimum atomic E-state index is -5.88. The Labute approximate surface area is 131 Å². The average Bonchev–Trinajstić information content (AvgIpc) is 2.52. The molecule has 0 N–H and O–H groups in total. The van der Waals surface area contributed by atoms with E-state index >= 15 is 0 Å². The van der Waals surface area contributed by atoms with E-state index in [1.807, 2.05) is 30.3 Å². The van der Waals surface area contributed by atoms with Crippen LogP contribution in [0.5, 0.6) is 0 Å². The fourth-order valence-corrected chi connectivity index (χ4v) is 1.94. The van der Waals surface area contributed by atoms with Crippen LogP contribution in [0.1, 0.15) is 10.4 Å². The first-order valence-electron chi connectivity index (χ1n) is 6.36. The van der Waals surface area contributed by atoms with Crippen molar-refractivity contribution in [3.63, 3.8) is 0 Å².